The van der Waals surface area contributed by atoms with E-state index in [0.29, 0.717) is 0 Å². The summed E-state index contributed by atoms with van der Waals surface area (Å²) in [5.41, 5.74) is 0.388. The van der Waals surface area contributed by atoms with Crippen LogP contribution in [-0.4, -0.2) is 28.0 Å². The zero-order chi connectivity index (χ0) is 14.0. The van der Waals surface area contributed by atoms with E-state index in [1.807, 2.05) is 0 Å². The highest BCUT2D eigenvalue weighted by atomic mass is 35.5. The predicted octanol–water partition coefficient (Wildman–Crippen LogP) is 3.09. The first-order chi connectivity index (χ1) is 9.04. The molecule has 0 saturated carbocycles. The van der Waals surface area contributed by atoms with Crippen molar-refractivity contribution in [3.8, 4) is 11.3 Å². The molecule has 8 heteroatoms. The van der Waals surface area contributed by atoms with Gasteiger partial charge in [0.05, 0.1) is 16.7 Å². The van der Waals surface area contributed by atoms with Crippen LogP contribution >= 0.6 is 23.2 Å². The molecule has 1 heterocycles. The Bertz CT molecular complexity index is 607. The van der Waals surface area contributed by atoms with Gasteiger partial charge in [0.15, 0.2) is 5.69 Å². The second-order valence-corrected chi connectivity index (χ2v) is 4.28. The smallest absolute Gasteiger partial charge is 0.361 e. The average Bonchev–Trinajstić information content (AvgIpc) is 2.84. The molecule has 0 aliphatic heterocycles. The first-order valence-corrected chi connectivity index (χ1v) is 6.03. The lowest BCUT2D eigenvalue weighted by Gasteiger charge is -2.04. The number of carbonyl (C=O) groups is 1. The second-order valence-electron chi connectivity index (χ2n) is 3.50. The average molecular weight is 304 g/mol. The summed E-state index contributed by atoms with van der Waals surface area (Å²) in [4.78, 5) is 11.6. The van der Waals surface area contributed by atoms with Crippen LogP contribution in [0.5, 0.6) is 0 Å². The maximum atomic E-state index is 13.5. The Balaban J connectivity index is 2.49. The molecule has 0 saturated heterocycles. The number of hydrogen-bond acceptors (Lipinski definition) is 4. The molecule has 1 aromatic carbocycles. The van der Waals surface area contributed by atoms with Crippen molar-refractivity contribution in [2.45, 2.75) is 6.92 Å². The van der Waals surface area contributed by atoms with Crippen LogP contribution in [0.4, 0.5) is 4.39 Å². The molecule has 2 rings (SSSR count). The van der Waals surface area contributed by atoms with Gasteiger partial charge in [0, 0.05) is 5.56 Å². The Labute approximate surface area is 117 Å². The maximum absolute atomic E-state index is 13.5. The van der Waals surface area contributed by atoms with E-state index in [9.17, 15) is 9.18 Å². The molecule has 0 aliphatic carbocycles. The molecule has 0 atom stereocenters. The van der Waals surface area contributed by atoms with Crippen molar-refractivity contribution >= 4 is 29.2 Å². The van der Waals surface area contributed by atoms with Crippen LogP contribution in [0.2, 0.25) is 10.0 Å². The normalized spacial score (nSPS) is 10.5. The van der Waals surface area contributed by atoms with Gasteiger partial charge in [0.2, 0.25) is 0 Å². The Kier molecular flexibility index (Phi) is 4.01. The molecule has 1 N–H and O–H groups in total. The van der Waals surface area contributed by atoms with Crippen LogP contribution in [-0.2, 0) is 4.74 Å². The lowest BCUT2D eigenvalue weighted by molar-refractivity contribution is 0.0520. The van der Waals surface area contributed by atoms with Crippen LogP contribution in [0.15, 0.2) is 12.1 Å². The molecule has 0 spiro atoms. The van der Waals surface area contributed by atoms with Crippen LogP contribution in [0.3, 0.4) is 0 Å². The van der Waals surface area contributed by atoms with Gasteiger partial charge in [-0.15, -0.1) is 5.10 Å². The number of halogens is 3. The number of aromatic amines is 1. The predicted molar refractivity (Wildman–Crippen MR) is 67.8 cm³/mol. The minimum absolute atomic E-state index is 0.0227. The number of H-pyrrole nitrogens is 1. The summed E-state index contributed by atoms with van der Waals surface area (Å²) >= 11 is 11.4. The Morgan fingerprint density at radius 2 is 2.16 bits per heavy atom. The number of nitrogens with zero attached hydrogens (tertiary/aromatic N) is 2. The topological polar surface area (TPSA) is 67.9 Å². The minimum atomic E-state index is -0.707. The van der Waals surface area contributed by atoms with E-state index in [1.165, 1.54) is 6.07 Å². The number of aromatic nitrogens is 3. The van der Waals surface area contributed by atoms with E-state index in [2.05, 4.69) is 15.4 Å². The van der Waals surface area contributed by atoms with Crippen LogP contribution in [0.25, 0.3) is 11.3 Å². The molecule has 19 heavy (non-hydrogen) atoms. The number of hydrogen-bond donors (Lipinski definition) is 1. The highest BCUT2D eigenvalue weighted by molar-refractivity contribution is 6.42. The zero-order valence-corrected chi connectivity index (χ0v) is 11.2. The van der Waals surface area contributed by atoms with Crippen molar-refractivity contribution in [2.75, 3.05) is 6.61 Å². The number of carbonyl (C=O) groups excluding carboxylic acids is 1. The Morgan fingerprint density at radius 1 is 1.42 bits per heavy atom. The number of benzene rings is 1. The third-order valence-electron chi connectivity index (χ3n) is 2.27. The summed E-state index contributed by atoms with van der Waals surface area (Å²) in [5.74, 6) is -1.36. The first kappa shape index (κ1) is 13.8. The molecular formula is C11H8Cl2FN3O2. The molecule has 0 aliphatic rings. The SMILES string of the molecule is CCOC(=O)c1n[nH]nc1-c1cc(F)c(Cl)c(Cl)c1. The van der Waals surface area contributed by atoms with E-state index < -0.39 is 11.8 Å². The van der Waals surface area contributed by atoms with Gasteiger partial charge in [0.25, 0.3) is 0 Å². The van der Waals surface area contributed by atoms with Crippen LogP contribution in [0.1, 0.15) is 17.4 Å². The fourth-order valence-corrected chi connectivity index (χ4v) is 1.78. The van der Waals surface area contributed by atoms with Crippen molar-refractivity contribution in [2.24, 2.45) is 0 Å². The monoisotopic (exact) mass is 303 g/mol. The lowest BCUT2D eigenvalue weighted by Crippen LogP contribution is -2.06. The molecule has 0 fully saturated rings. The van der Waals surface area contributed by atoms with Gasteiger partial charge in [-0.3, -0.25) is 0 Å². The maximum Gasteiger partial charge on any atom is 0.361 e. The summed E-state index contributed by atoms with van der Waals surface area (Å²) in [5, 5.41) is 9.60. The fraction of sp³-hybridized carbons (Fsp3) is 0.182. The molecule has 100 valence electrons. The Hall–Kier alpha value is -1.66. The summed E-state index contributed by atoms with van der Waals surface area (Å²) in [6, 6.07) is 2.52. The fourth-order valence-electron chi connectivity index (χ4n) is 1.47. The Morgan fingerprint density at radius 3 is 2.79 bits per heavy atom. The first-order valence-electron chi connectivity index (χ1n) is 5.27. The highest BCUT2D eigenvalue weighted by Gasteiger charge is 2.20. The van der Waals surface area contributed by atoms with Crippen molar-refractivity contribution < 1.29 is 13.9 Å². The van der Waals surface area contributed by atoms with Gasteiger partial charge in [-0.1, -0.05) is 23.2 Å². The lowest BCUT2D eigenvalue weighted by atomic mass is 10.1. The molecular weight excluding hydrogens is 296 g/mol. The van der Waals surface area contributed by atoms with Crippen molar-refractivity contribution in [1.82, 2.24) is 15.4 Å². The van der Waals surface area contributed by atoms with E-state index in [-0.39, 0.29) is 33.6 Å². The van der Waals surface area contributed by atoms with Crippen LogP contribution in [0, 0.1) is 5.82 Å². The molecule has 0 unspecified atom stereocenters. The molecule has 0 bridgehead atoms. The van der Waals surface area contributed by atoms with Gasteiger partial charge < -0.3 is 4.74 Å². The van der Waals surface area contributed by atoms with Gasteiger partial charge in [-0.05, 0) is 19.1 Å². The largest absolute Gasteiger partial charge is 0.461 e. The summed E-state index contributed by atoms with van der Waals surface area (Å²) in [6.07, 6.45) is 0. The van der Waals surface area contributed by atoms with Crippen LogP contribution < -0.4 is 0 Å². The molecule has 0 radical (unpaired) electrons. The summed E-state index contributed by atoms with van der Waals surface area (Å²) in [7, 11) is 0. The van der Waals surface area contributed by atoms with Gasteiger partial charge in [-0.25, -0.2) is 9.18 Å². The number of nitrogens with one attached hydrogen (secondary N) is 1. The quantitative estimate of drug-likeness (QED) is 0.699. The van der Waals surface area contributed by atoms with E-state index in [1.54, 1.807) is 6.92 Å². The molecule has 2 aromatic rings. The van der Waals surface area contributed by atoms with Gasteiger partial charge >= 0.3 is 5.97 Å². The summed E-state index contributed by atoms with van der Waals surface area (Å²) in [6.45, 7) is 1.86. The third kappa shape index (κ3) is 2.69. The standard InChI is InChI=1S/C11H8Cl2FN3O2/c1-2-19-11(18)10-9(15-17-16-10)5-3-6(12)8(13)7(14)4-5/h3-4H,2H2,1H3,(H,15,16,17). The number of ether oxygens (including phenoxy) is 1. The zero-order valence-electron chi connectivity index (χ0n) is 9.71. The highest BCUT2D eigenvalue weighted by Crippen LogP contribution is 2.31. The number of rotatable bonds is 3. The van der Waals surface area contributed by atoms with E-state index >= 15 is 0 Å². The number of esters is 1. The summed E-state index contributed by atoms with van der Waals surface area (Å²) < 4.78 is 18.3. The van der Waals surface area contributed by atoms with E-state index in [4.69, 9.17) is 27.9 Å². The van der Waals surface area contributed by atoms with Gasteiger partial charge in [0.1, 0.15) is 11.5 Å². The third-order valence-corrected chi connectivity index (χ3v) is 3.05. The molecule has 5 nitrogen and oxygen atoms in total. The van der Waals surface area contributed by atoms with Gasteiger partial charge in [-0.2, -0.15) is 10.3 Å². The molecule has 1 aromatic heterocycles. The van der Waals surface area contributed by atoms with Crippen molar-refractivity contribution in [3.05, 3.63) is 33.7 Å². The second kappa shape index (κ2) is 5.54. The van der Waals surface area contributed by atoms with Crippen molar-refractivity contribution in [3.63, 3.8) is 0 Å². The molecule has 0 amide bonds. The minimum Gasteiger partial charge on any atom is -0.461 e. The van der Waals surface area contributed by atoms with Crippen molar-refractivity contribution in [1.29, 1.82) is 0 Å². The van der Waals surface area contributed by atoms with E-state index in [0.717, 1.165) is 6.07 Å².